The molecule has 1 amide bonds. The largest absolute Gasteiger partial charge is 0.450 e. The predicted octanol–water partition coefficient (Wildman–Crippen LogP) is 1.92. The van der Waals surface area contributed by atoms with Crippen molar-refractivity contribution in [1.82, 2.24) is 5.32 Å². The maximum absolute atomic E-state index is 10.9. The van der Waals surface area contributed by atoms with Gasteiger partial charge in [0.2, 0.25) is 0 Å². The van der Waals surface area contributed by atoms with E-state index in [2.05, 4.69) is 10.1 Å². The Morgan fingerprint density at radius 3 is 3.13 bits per heavy atom. The van der Waals surface area contributed by atoms with E-state index in [9.17, 15) is 9.90 Å². The fourth-order valence-corrected chi connectivity index (χ4v) is 1.86. The van der Waals surface area contributed by atoms with E-state index in [4.69, 9.17) is 0 Å². The van der Waals surface area contributed by atoms with Crippen molar-refractivity contribution in [3.63, 3.8) is 0 Å². The first-order valence-corrected chi connectivity index (χ1v) is 5.74. The van der Waals surface area contributed by atoms with Crippen molar-refractivity contribution in [2.24, 2.45) is 0 Å². The van der Waals surface area contributed by atoms with Crippen LogP contribution in [0.1, 0.15) is 24.3 Å². The number of nitrogens with one attached hydrogen (secondary N) is 1. The van der Waals surface area contributed by atoms with E-state index in [1.807, 2.05) is 17.5 Å². The average molecular weight is 229 g/mol. The number of thiophene rings is 1. The number of aliphatic hydroxyl groups excluding tert-OH is 1. The molecule has 0 radical (unpaired) electrons. The molecule has 1 heterocycles. The van der Waals surface area contributed by atoms with Gasteiger partial charge in [0.25, 0.3) is 0 Å². The molecule has 84 valence electrons. The van der Waals surface area contributed by atoms with Crippen LogP contribution in [0.4, 0.5) is 4.79 Å². The van der Waals surface area contributed by atoms with Crippen molar-refractivity contribution in [2.75, 3.05) is 13.2 Å². The third-order valence-electron chi connectivity index (χ3n) is 1.83. The maximum atomic E-state index is 10.9. The zero-order chi connectivity index (χ0) is 11.1. The van der Waals surface area contributed by atoms with Crippen molar-refractivity contribution in [3.05, 3.63) is 22.4 Å². The normalized spacial score (nSPS) is 12.1. The van der Waals surface area contributed by atoms with Gasteiger partial charge in [0.15, 0.2) is 0 Å². The van der Waals surface area contributed by atoms with E-state index >= 15 is 0 Å². The minimum Gasteiger partial charge on any atom is -0.450 e. The number of hydrogen-bond acceptors (Lipinski definition) is 4. The number of aliphatic hydroxyl groups is 1. The Hall–Kier alpha value is -1.07. The Balaban J connectivity index is 2.18. The van der Waals surface area contributed by atoms with Gasteiger partial charge in [0, 0.05) is 11.4 Å². The van der Waals surface area contributed by atoms with Gasteiger partial charge in [0.1, 0.15) is 0 Å². The molecule has 0 unspecified atom stereocenters. The second kappa shape index (κ2) is 6.42. The van der Waals surface area contributed by atoms with Gasteiger partial charge in [-0.25, -0.2) is 4.79 Å². The molecule has 0 aliphatic heterocycles. The van der Waals surface area contributed by atoms with E-state index in [0.29, 0.717) is 19.6 Å². The molecule has 0 aliphatic rings. The molecule has 0 saturated carbocycles. The van der Waals surface area contributed by atoms with Crippen LogP contribution in [0, 0.1) is 0 Å². The van der Waals surface area contributed by atoms with Gasteiger partial charge in [-0.1, -0.05) is 6.07 Å². The first-order chi connectivity index (χ1) is 7.24. The summed E-state index contributed by atoms with van der Waals surface area (Å²) in [6.07, 6.45) is -0.443. The van der Waals surface area contributed by atoms with E-state index in [1.165, 1.54) is 11.3 Å². The fraction of sp³-hybridized carbons (Fsp3) is 0.500. The third-order valence-corrected chi connectivity index (χ3v) is 2.81. The van der Waals surface area contributed by atoms with Gasteiger partial charge in [-0.3, -0.25) is 0 Å². The van der Waals surface area contributed by atoms with Gasteiger partial charge in [-0.05, 0) is 24.8 Å². The first-order valence-electron chi connectivity index (χ1n) is 4.86. The Labute approximate surface area is 92.9 Å². The molecular weight excluding hydrogens is 214 g/mol. The third kappa shape index (κ3) is 4.31. The van der Waals surface area contributed by atoms with Crippen LogP contribution in [-0.2, 0) is 4.74 Å². The summed E-state index contributed by atoms with van der Waals surface area (Å²) >= 11 is 1.51. The van der Waals surface area contributed by atoms with E-state index in [1.54, 1.807) is 6.92 Å². The number of carbonyl (C=O) groups is 1. The Morgan fingerprint density at radius 2 is 2.53 bits per heavy atom. The number of hydrogen-bond donors (Lipinski definition) is 2. The Kier molecular flexibility index (Phi) is 5.14. The number of amides is 1. The number of carbonyl (C=O) groups excluding carboxylic acids is 1. The molecule has 15 heavy (non-hydrogen) atoms. The van der Waals surface area contributed by atoms with Gasteiger partial charge < -0.3 is 15.2 Å². The summed E-state index contributed by atoms with van der Waals surface area (Å²) in [5, 5.41) is 14.1. The van der Waals surface area contributed by atoms with E-state index in [0.717, 1.165) is 4.88 Å². The van der Waals surface area contributed by atoms with Crippen LogP contribution in [-0.4, -0.2) is 24.4 Å². The molecule has 5 heteroatoms. The zero-order valence-electron chi connectivity index (χ0n) is 8.60. The Bertz CT molecular complexity index is 287. The fourth-order valence-electron chi connectivity index (χ4n) is 1.12. The predicted molar refractivity (Wildman–Crippen MR) is 58.9 cm³/mol. The standard InChI is InChI=1S/C10H15NO3S/c1-2-14-10(13)11-6-5-8(12)9-4-3-7-15-9/h3-4,7-8,12H,2,5-6H2,1H3,(H,11,13)/t8-/m1/s1. The quantitative estimate of drug-likeness (QED) is 0.811. The van der Waals surface area contributed by atoms with Crippen molar-refractivity contribution in [2.45, 2.75) is 19.4 Å². The molecule has 0 aliphatic carbocycles. The second-order valence-corrected chi connectivity index (χ2v) is 3.95. The van der Waals surface area contributed by atoms with Gasteiger partial charge in [-0.15, -0.1) is 11.3 Å². The van der Waals surface area contributed by atoms with Crippen molar-refractivity contribution in [1.29, 1.82) is 0 Å². The summed E-state index contributed by atoms with van der Waals surface area (Å²) < 4.78 is 4.69. The molecule has 0 bridgehead atoms. The monoisotopic (exact) mass is 229 g/mol. The highest BCUT2D eigenvalue weighted by molar-refractivity contribution is 7.10. The summed E-state index contributed by atoms with van der Waals surface area (Å²) in [6, 6.07) is 3.77. The number of ether oxygens (including phenoxy) is 1. The lowest BCUT2D eigenvalue weighted by molar-refractivity contribution is 0.144. The van der Waals surface area contributed by atoms with Crippen molar-refractivity contribution < 1.29 is 14.6 Å². The Morgan fingerprint density at radius 1 is 1.73 bits per heavy atom. The molecule has 1 aromatic heterocycles. The van der Waals surface area contributed by atoms with Crippen LogP contribution in [0.25, 0.3) is 0 Å². The van der Waals surface area contributed by atoms with Crippen molar-refractivity contribution >= 4 is 17.4 Å². The first kappa shape index (κ1) is 12.0. The highest BCUT2D eigenvalue weighted by Crippen LogP contribution is 2.20. The molecule has 1 aromatic rings. The van der Waals surface area contributed by atoms with Crippen molar-refractivity contribution in [3.8, 4) is 0 Å². The highest BCUT2D eigenvalue weighted by Gasteiger charge is 2.08. The maximum Gasteiger partial charge on any atom is 0.407 e. The van der Waals surface area contributed by atoms with Gasteiger partial charge >= 0.3 is 6.09 Å². The lowest BCUT2D eigenvalue weighted by atomic mass is 10.2. The molecule has 2 N–H and O–H groups in total. The smallest absolute Gasteiger partial charge is 0.407 e. The lowest BCUT2D eigenvalue weighted by Crippen LogP contribution is -2.26. The molecule has 0 aromatic carbocycles. The van der Waals surface area contributed by atoms with Crippen LogP contribution in [0.15, 0.2) is 17.5 Å². The molecule has 0 spiro atoms. The molecule has 1 rings (SSSR count). The molecule has 0 saturated heterocycles. The van der Waals surface area contributed by atoms with Gasteiger partial charge in [-0.2, -0.15) is 0 Å². The van der Waals surface area contributed by atoms with Crippen LogP contribution in [0.2, 0.25) is 0 Å². The topological polar surface area (TPSA) is 58.6 Å². The van der Waals surface area contributed by atoms with Crippen LogP contribution in [0.3, 0.4) is 0 Å². The van der Waals surface area contributed by atoms with Crippen LogP contribution in [0.5, 0.6) is 0 Å². The lowest BCUT2D eigenvalue weighted by Gasteiger charge is -2.09. The summed E-state index contributed by atoms with van der Waals surface area (Å²) in [7, 11) is 0. The van der Waals surface area contributed by atoms with Crippen LogP contribution < -0.4 is 5.32 Å². The highest BCUT2D eigenvalue weighted by atomic mass is 32.1. The summed E-state index contributed by atoms with van der Waals surface area (Å²) in [6.45, 7) is 2.53. The van der Waals surface area contributed by atoms with E-state index < -0.39 is 12.2 Å². The average Bonchev–Trinajstić information content (AvgIpc) is 2.70. The number of rotatable bonds is 5. The van der Waals surface area contributed by atoms with Crippen LogP contribution >= 0.6 is 11.3 Å². The van der Waals surface area contributed by atoms with E-state index in [-0.39, 0.29) is 0 Å². The molecule has 1 atom stereocenters. The molecular formula is C10H15NO3S. The second-order valence-electron chi connectivity index (χ2n) is 2.97. The summed E-state index contributed by atoms with van der Waals surface area (Å²) in [5.41, 5.74) is 0. The molecule has 0 fully saturated rings. The van der Waals surface area contributed by atoms with Gasteiger partial charge in [0.05, 0.1) is 12.7 Å². The minimum absolute atomic E-state index is 0.360. The number of alkyl carbamates (subject to hydrolysis) is 1. The minimum atomic E-state index is -0.507. The SMILES string of the molecule is CCOC(=O)NCC[C@@H](O)c1cccs1. The summed E-state index contributed by atoms with van der Waals surface area (Å²) in [5.74, 6) is 0. The summed E-state index contributed by atoms with van der Waals surface area (Å²) in [4.78, 5) is 11.8. The molecule has 4 nitrogen and oxygen atoms in total. The zero-order valence-corrected chi connectivity index (χ0v) is 9.42.